The highest BCUT2D eigenvalue weighted by Gasteiger charge is 2.19. The Hall–Kier alpha value is -1.91. The summed E-state index contributed by atoms with van der Waals surface area (Å²) in [6.45, 7) is 5.56. The lowest BCUT2D eigenvalue weighted by Crippen LogP contribution is -2.31. The quantitative estimate of drug-likeness (QED) is 0.817. The highest BCUT2D eigenvalue weighted by Crippen LogP contribution is 2.32. The van der Waals surface area contributed by atoms with Crippen molar-refractivity contribution in [3.05, 3.63) is 18.2 Å². The van der Waals surface area contributed by atoms with Crippen molar-refractivity contribution in [2.24, 2.45) is 0 Å². The van der Waals surface area contributed by atoms with E-state index in [-0.39, 0.29) is 12.0 Å². The van der Waals surface area contributed by atoms with E-state index in [9.17, 15) is 4.79 Å². The van der Waals surface area contributed by atoms with Crippen LogP contribution in [0.25, 0.3) is 0 Å². The second-order valence-corrected chi connectivity index (χ2v) is 4.95. The Balaban J connectivity index is 2.09. The number of benzene rings is 1. The van der Waals surface area contributed by atoms with Crippen molar-refractivity contribution in [2.45, 2.75) is 39.2 Å². The normalized spacial score (nSPS) is 15.0. The van der Waals surface area contributed by atoms with Crippen LogP contribution in [-0.2, 0) is 9.53 Å². The maximum absolute atomic E-state index is 11.9. The first-order chi connectivity index (χ1) is 10.2. The van der Waals surface area contributed by atoms with Crippen molar-refractivity contribution in [1.82, 2.24) is 0 Å². The SMILES string of the molecule is CCCC(Nc1ccc2c(c1)OCCCO2)C(=O)OCC. The van der Waals surface area contributed by atoms with E-state index < -0.39 is 0 Å². The summed E-state index contributed by atoms with van der Waals surface area (Å²) in [5.74, 6) is 1.25. The minimum absolute atomic E-state index is 0.216. The third-order valence-electron chi connectivity index (χ3n) is 3.24. The monoisotopic (exact) mass is 293 g/mol. The highest BCUT2D eigenvalue weighted by atomic mass is 16.5. The number of carbonyl (C=O) groups is 1. The van der Waals surface area contributed by atoms with Crippen LogP contribution < -0.4 is 14.8 Å². The average molecular weight is 293 g/mol. The van der Waals surface area contributed by atoms with Crippen molar-refractivity contribution in [3.8, 4) is 11.5 Å². The molecule has 1 unspecified atom stereocenters. The van der Waals surface area contributed by atoms with Crippen molar-refractivity contribution in [3.63, 3.8) is 0 Å². The molecule has 5 nitrogen and oxygen atoms in total. The van der Waals surface area contributed by atoms with Gasteiger partial charge in [-0.15, -0.1) is 0 Å². The Morgan fingerprint density at radius 2 is 2.05 bits per heavy atom. The summed E-state index contributed by atoms with van der Waals surface area (Å²) < 4.78 is 16.4. The van der Waals surface area contributed by atoms with Gasteiger partial charge < -0.3 is 19.5 Å². The number of fused-ring (bicyclic) bond motifs is 1. The number of nitrogens with one attached hydrogen (secondary N) is 1. The predicted octanol–water partition coefficient (Wildman–Crippen LogP) is 2.99. The summed E-state index contributed by atoms with van der Waals surface area (Å²) in [6, 6.07) is 5.31. The van der Waals surface area contributed by atoms with Gasteiger partial charge in [-0.3, -0.25) is 0 Å². The summed E-state index contributed by atoms with van der Waals surface area (Å²) in [6.07, 6.45) is 2.51. The molecule has 0 aliphatic carbocycles. The predicted molar refractivity (Wildman–Crippen MR) is 81.0 cm³/mol. The zero-order chi connectivity index (χ0) is 15.1. The lowest BCUT2D eigenvalue weighted by Gasteiger charge is -2.18. The molecule has 1 aliphatic heterocycles. The van der Waals surface area contributed by atoms with Crippen LogP contribution in [-0.4, -0.2) is 31.8 Å². The van der Waals surface area contributed by atoms with E-state index in [0.29, 0.717) is 19.8 Å². The number of esters is 1. The minimum Gasteiger partial charge on any atom is -0.490 e. The van der Waals surface area contributed by atoms with Gasteiger partial charge in [0.25, 0.3) is 0 Å². The Bertz CT molecular complexity index is 475. The van der Waals surface area contributed by atoms with E-state index in [1.54, 1.807) is 0 Å². The molecule has 5 heteroatoms. The molecule has 0 saturated carbocycles. The molecule has 1 aliphatic rings. The Morgan fingerprint density at radius 1 is 1.29 bits per heavy atom. The van der Waals surface area contributed by atoms with Crippen molar-refractivity contribution in [1.29, 1.82) is 0 Å². The molecule has 0 aromatic heterocycles. The van der Waals surface area contributed by atoms with E-state index in [0.717, 1.165) is 36.4 Å². The molecule has 1 N–H and O–H groups in total. The molecule has 0 radical (unpaired) electrons. The van der Waals surface area contributed by atoms with Gasteiger partial charge >= 0.3 is 5.97 Å². The Morgan fingerprint density at radius 3 is 2.76 bits per heavy atom. The van der Waals surface area contributed by atoms with Crippen LogP contribution in [0.15, 0.2) is 18.2 Å². The lowest BCUT2D eigenvalue weighted by atomic mass is 10.1. The highest BCUT2D eigenvalue weighted by molar-refractivity contribution is 5.79. The molecular formula is C16H23NO4. The molecule has 0 amide bonds. The zero-order valence-electron chi connectivity index (χ0n) is 12.7. The topological polar surface area (TPSA) is 56.8 Å². The van der Waals surface area contributed by atoms with Gasteiger partial charge in [0.2, 0.25) is 0 Å². The van der Waals surface area contributed by atoms with E-state index in [2.05, 4.69) is 5.32 Å². The van der Waals surface area contributed by atoms with Gasteiger partial charge in [-0.25, -0.2) is 4.79 Å². The lowest BCUT2D eigenvalue weighted by molar-refractivity contribution is -0.144. The number of hydrogen-bond acceptors (Lipinski definition) is 5. The van der Waals surface area contributed by atoms with Gasteiger partial charge in [0.1, 0.15) is 6.04 Å². The maximum atomic E-state index is 11.9. The van der Waals surface area contributed by atoms with Crippen LogP contribution >= 0.6 is 0 Å². The maximum Gasteiger partial charge on any atom is 0.328 e. The molecule has 0 fully saturated rings. The first-order valence-corrected chi connectivity index (χ1v) is 7.57. The molecular weight excluding hydrogens is 270 g/mol. The molecule has 1 aromatic rings. The fraction of sp³-hybridized carbons (Fsp3) is 0.562. The fourth-order valence-electron chi connectivity index (χ4n) is 2.23. The molecule has 0 saturated heterocycles. The van der Waals surface area contributed by atoms with Crippen LogP contribution in [0.5, 0.6) is 11.5 Å². The first kappa shape index (κ1) is 15.5. The van der Waals surface area contributed by atoms with E-state index in [1.165, 1.54) is 0 Å². The molecule has 0 spiro atoms. The van der Waals surface area contributed by atoms with Crippen LogP contribution in [0.4, 0.5) is 5.69 Å². The second kappa shape index (κ2) is 7.76. The molecule has 116 valence electrons. The van der Waals surface area contributed by atoms with E-state index in [4.69, 9.17) is 14.2 Å². The summed E-state index contributed by atoms with van der Waals surface area (Å²) in [4.78, 5) is 11.9. The molecule has 2 rings (SSSR count). The second-order valence-electron chi connectivity index (χ2n) is 4.95. The first-order valence-electron chi connectivity index (χ1n) is 7.57. The van der Waals surface area contributed by atoms with Gasteiger partial charge in [0, 0.05) is 18.2 Å². The minimum atomic E-state index is -0.334. The molecule has 0 bridgehead atoms. The van der Waals surface area contributed by atoms with Gasteiger partial charge in [0.15, 0.2) is 11.5 Å². The summed E-state index contributed by atoms with van der Waals surface area (Å²) in [5, 5.41) is 3.22. The molecule has 21 heavy (non-hydrogen) atoms. The third-order valence-corrected chi connectivity index (χ3v) is 3.24. The van der Waals surface area contributed by atoms with Crippen molar-refractivity contribution < 1.29 is 19.0 Å². The van der Waals surface area contributed by atoms with Crippen LogP contribution in [0, 0.1) is 0 Å². The van der Waals surface area contributed by atoms with Crippen LogP contribution in [0.1, 0.15) is 33.1 Å². The largest absolute Gasteiger partial charge is 0.490 e. The van der Waals surface area contributed by atoms with E-state index in [1.807, 2.05) is 32.0 Å². The number of ether oxygens (including phenoxy) is 3. The van der Waals surface area contributed by atoms with Crippen LogP contribution in [0.2, 0.25) is 0 Å². The molecule has 1 aromatic carbocycles. The van der Waals surface area contributed by atoms with Gasteiger partial charge in [-0.05, 0) is 25.5 Å². The van der Waals surface area contributed by atoms with Crippen molar-refractivity contribution >= 4 is 11.7 Å². The Kier molecular flexibility index (Phi) is 5.72. The van der Waals surface area contributed by atoms with Crippen molar-refractivity contribution in [2.75, 3.05) is 25.1 Å². The summed E-state index contributed by atoms with van der Waals surface area (Å²) >= 11 is 0. The molecule has 1 heterocycles. The van der Waals surface area contributed by atoms with E-state index >= 15 is 0 Å². The zero-order valence-corrected chi connectivity index (χ0v) is 12.7. The summed E-state index contributed by atoms with van der Waals surface area (Å²) in [5.41, 5.74) is 0.839. The Labute approximate surface area is 125 Å². The number of anilines is 1. The fourth-order valence-corrected chi connectivity index (χ4v) is 2.23. The average Bonchev–Trinajstić information content (AvgIpc) is 2.72. The van der Waals surface area contributed by atoms with Gasteiger partial charge in [-0.1, -0.05) is 13.3 Å². The standard InChI is InChI=1S/C16H23NO4/c1-3-6-13(16(18)19-4-2)17-12-7-8-14-15(11-12)21-10-5-9-20-14/h7-8,11,13,17H,3-6,9-10H2,1-2H3. The van der Waals surface area contributed by atoms with Gasteiger partial charge in [-0.2, -0.15) is 0 Å². The summed E-state index contributed by atoms with van der Waals surface area (Å²) in [7, 11) is 0. The van der Waals surface area contributed by atoms with Crippen LogP contribution in [0.3, 0.4) is 0 Å². The number of hydrogen-bond donors (Lipinski definition) is 1. The number of rotatable bonds is 6. The third kappa shape index (κ3) is 4.28. The molecule has 1 atom stereocenters. The van der Waals surface area contributed by atoms with Gasteiger partial charge in [0.05, 0.1) is 19.8 Å². The smallest absolute Gasteiger partial charge is 0.328 e. The number of carbonyl (C=O) groups excluding carboxylic acids is 1.